The second-order valence-electron chi connectivity index (χ2n) is 8.57. The highest BCUT2D eigenvalue weighted by Gasteiger charge is 2.42. The molecule has 3 atom stereocenters. The van der Waals surface area contributed by atoms with Gasteiger partial charge in [-0.2, -0.15) is 5.10 Å². The van der Waals surface area contributed by atoms with Crippen LogP contribution in [0.15, 0.2) is 35.5 Å². The first-order valence-corrected chi connectivity index (χ1v) is 11.1. The van der Waals surface area contributed by atoms with Gasteiger partial charge in [0.25, 0.3) is 0 Å². The zero-order valence-electron chi connectivity index (χ0n) is 17.8. The third kappa shape index (κ3) is 3.07. The van der Waals surface area contributed by atoms with E-state index in [0.29, 0.717) is 29.7 Å². The molecule has 0 unspecified atom stereocenters. The number of carbonyl (C=O) groups excluding carboxylic acids is 1. The summed E-state index contributed by atoms with van der Waals surface area (Å²) in [5.41, 5.74) is 3.17. The van der Waals surface area contributed by atoms with Crippen molar-refractivity contribution in [3.63, 3.8) is 0 Å². The Kier molecular flexibility index (Phi) is 4.44. The molecule has 3 aliphatic rings. The van der Waals surface area contributed by atoms with Gasteiger partial charge in [0.15, 0.2) is 5.82 Å². The van der Waals surface area contributed by atoms with E-state index in [-0.39, 0.29) is 24.5 Å². The summed E-state index contributed by atoms with van der Waals surface area (Å²) < 4.78 is 9.38. The molecule has 2 saturated heterocycles. The van der Waals surface area contributed by atoms with Crippen LogP contribution in [0.3, 0.4) is 0 Å². The van der Waals surface area contributed by atoms with Crippen molar-refractivity contribution in [3.05, 3.63) is 58.4 Å². The fourth-order valence-electron chi connectivity index (χ4n) is 4.92. The van der Waals surface area contributed by atoms with Gasteiger partial charge in [0.05, 0.1) is 36.6 Å². The van der Waals surface area contributed by atoms with Gasteiger partial charge in [-0.1, -0.05) is 23.7 Å². The number of aromatic nitrogens is 5. The van der Waals surface area contributed by atoms with Crippen molar-refractivity contribution in [3.8, 4) is 5.69 Å². The SMILES string of the molecule is Cc1nnc2n1-c1cn(C)nc1C(c1ccc(Cl)cc1)=N[C@H]2CC(=O)N1C[C@@H]2C[C@H]1CO2. The molecular formula is C22H22ClN7O2. The third-order valence-electron chi connectivity index (χ3n) is 6.41. The van der Waals surface area contributed by atoms with Crippen LogP contribution in [0.1, 0.15) is 41.8 Å². The fourth-order valence-corrected chi connectivity index (χ4v) is 5.04. The predicted molar refractivity (Wildman–Crippen MR) is 117 cm³/mol. The zero-order chi connectivity index (χ0) is 22.0. The van der Waals surface area contributed by atoms with E-state index < -0.39 is 6.04 Å². The van der Waals surface area contributed by atoms with E-state index in [4.69, 9.17) is 26.4 Å². The number of ether oxygens (including phenoxy) is 1. The van der Waals surface area contributed by atoms with Crippen molar-refractivity contribution >= 4 is 23.2 Å². The zero-order valence-corrected chi connectivity index (χ0v) is 18.5. The predicted octanol–water partition coefficient (Wildman–Crippen LogP) is 2.24. The second kappa shape index (κ2) is 7.25. The maximum absolute atomic E-state index is 13.3. The Morgan fingerprint density at radius 2 is 2.06 bits per heavy atom. The number of aryl methyl sites for hydroxylation is 2. The summed E-state index contributed by atoms with van der Waals surface area (Å²) >= 11 is 6.12. The lowest BCUT2D eigenvalue weighted by molar-refractivity contribution is -0.136. The minimum Gasteiger partial charge on any atom is -0.374 e. The topological polar surface area (TPSA) is 90.4 Å². The summed E-state index contributed by atoms with van der Waals surface area (Å²) in [5, 5.41) is 14.1. The van der Waals surface area contributed by atoms with Crippen molar-refractivity contribution in [2.75, 3.05) is 13.2 Å². The van der Waals surface area contributed by atoms with Crippen LogP contribution in [0.2, 0.25) is 5.02 Å². The number of carbonyl (C=O) groups is 1. The van der Waals surface area contributed by atoms with E-state index in [0.717, 1.165) is 29.2 Å². The maximum Gasteiger partial charge on any atom is 0.225 e. The average molecular weight is 452 g/mol. The number of aliphatic imine (C=N–C) groups is 1. The first-order valence-electron chi connectivity index (χ1n) is 10.7. The monoisotopic (exact) mass is 451 g/mol. The maximum atomic E-state index is 13.3. The Bertz CT molecular complexity index is 1250. The van der Waals surface area contributed by atoms with Crippen LogP contribution >= 0.6 is 11.6 Å². The van der Waals surface area contributed by atoms with Crippen LogP contribution in [-0.4, -0.2) is 66.4 Å². The number of rotatable bonds is 3. The lowest BCUT2D eigenvalue weighted by Crippen LogP contribution is -2.41. The molecule has 2 bridgehead atoms. The Morgan fingerprint density at radius 3 is 2.78 bits per heavy atom. The summed E-state index contributed by atoms with van der Waals surface area (Å²) in [6.45, 7) is 3.17. The smallest absolute Gasteiger partial charge is 0.225 e. The minimum atomic E-state index is -0.478. The van der Waals surface area contributed by atoms with Crippen molar-refractivity contribution in [1.29, 1.82) is 0 Å². The molecule has 1 amide bonds. The molecule has 5 heterocycles. The third-order valence-corrected chi connectivity index (χ3v) is 6.67. The van der Waals surface area contributed by atoms with Gasteiger partial charge in [0.1, 0.15) is 17.6 Å². The molecule has 9 nitrogen and oxygen atoms in total. The number of fused-ring (bicyclic) bond motifs is 5. The molecule has 2 fully saturated rings. The van der Waals surface area contributed by atoms with E-state index in [2.05, 4.69) is 10.2 Å². The van der Waals surface area contributed by atoms with Crippen molar-refractivity contribution in [2.24, 2.45) is 12.0 Å². The number of nitrogens with zero attached hydrogens (tertiary/aromatic N) is 7. The summed E-state index contributed by atoms with van der Waals surface area (Å²) in [6.07, 6.45) is 3.23. The quantitative estimate of drug-likeness (QED) is 0.609. The Labute approximate surface area is 189 Å². The molecule has 3 aromatic rings. The summed E-state index contributed by atoms with van der Waals surface area (Å²) in [5.74, 6) is 1.44. The molecule has 3 aliphatic heterocycles. The van der Waals surface area contributed by atoms with Crippen molar-refractivity contribution in [2.45, 2.75) is 38.0 Å². The normalized spacial score (nSPS) is 23.7. The molecule has 0 aliphatic carbocycles. The molecule has 0 spiro atoms. The number of halogens is 1. The number of morpholine rings is 1. The Morgan fingerprint density at radius 1 is 1.25 bits per heavy atom. The lowest BCUT2D eigenvalue weighted by atomic mass is 10.1. The van der Waals surface area contributed by atoms with Crippen LogP contribution in [-0.2, 0) is 16.6 Å². The van der Waals surface area contributed by atoms with Crippen LogP contribution in [0.25, 0.3) is 5.69 Å². The van der Waals surface area contributed by atoms with E-state index in [1.807, 2.05) is 53.9 Å². The summed E-state index contributed by atoms with van der Waals surface area (Å²) in [6, 6.07) is 7.20. The van der Waals surface area contributed by atoms with Gasteiger partial charge >= 0.3 is 0 Å². The first-order chi connectivity index (χ1) is 15.5. The highest BCUT2D eigenvalue weighted by Crippen LogP contribution is 2.34. The van der Waals surface area contributed by atoms with Gasteiger partial charge in [0, 0.05) is 30.4 Å². The molecule has 164 valence electrons. The molecule has 2 aromatic heterocycles. The second-order valence-corrected chi connectivity index (χ2v) is 9.01. The summed E-state index contributed by atoms with van der Waals surface area (Å²) in [7, 11) is 1.87. The Hall–Kier alpha value is -3.04. The fraction of sp³-hybridized carbons (Fsp3) is 0.409. The minimum absolute atomic E-state index is 0.0669. The van der Waals surface area contributed by atoms with E-state index in [1.54, 1.807) is 4.68 Å². The van der Waals surface area contributed by atoms with Gasteiger partial charge in [-0.05, 0) is 25.5 Å². The van der Waals surface area contributed by atoms with Crippen LogP contribution in [0.5, 0.6) is 0 Å². The van der Waals surface area contributed by atoms with E-state index in [1.165, 1.54) is 0 Å². The summed E-state index contributed by atoms with van der Waals surface area (Å²) in [4.78, 5) is 20.3. The van der Waals surface area contributed by atoms with Crippen molar-refractivity contribution < 1.29 is 9.53 Å². The first kappa shape index (κ1) is 19.6. The van der Waals surface area contributed by atoms with E-state index >= 15 is 0 Å². The molecule has 1 aromatic carbocycles. The van der Waals surface area contributed by atoms with Gasteiger partial charge in [-0.15, -0.1) is 10.2 Å². The van der Waals surface area contributed by atoms with Crippen molar-refractivity contribution in [1.82, 2.24) is 29.4 Å². The largest absolute Gasteiger partial charge is 0.374 e. The molecule has 10 heteroatoms. The molecule has 0 N–H and O–H groups in total. The molecule has 0 radical (unpaired) electrons. The number of hydrogen-bond acceptors (Lipinski definition) is 6. The van der Waals surface area contributed by atoms with Gasteiger partial charge in [-0.25, -0.2) is 0 Å². The van der Waals surface area contributed by atoms with Gasteiger partial charge in [-0.3, -0.25) is 19.0 Å². The molecule has 32 heavy (non-hydrogen) atoms. The number of amides is 1. The number of benzene rings is 1. The molecule has 0 saturated carbocycles. The van der Waals surface area contributed by atoms with Crippen LogP contribution in [0, 0.1) is 6.92 Å². The Balaban J connectivity index is 1.45. The average Bonchev–Trinajstić information content (AvgIpc) is 3.54. The molecular weight excluding hydrogens is 430 g/mol. The van der Waals surface area contributed by atoms with Crippen LogP contribution < -0.4 is 0 Å². The molecule has 6 rings (SSSR count). The van der Waals surface area contributed by atoms with Crippen LogP contribution in [0.4, 0.5) is 0 Å². The highest BCUT2D eigenvalue weighted by atomic mass is 35.5. The van der Waals surface area contributed by atoms with E-state index in [9.17, 15) is 4.79 Å². The standard InChI is InChI=1S/C22H22ClN7O2/c1-12-25-26-22-17(8-19(31)29-9-16-7-15(29)11-32-16)24-20(13-3-5-14(23)6-4-13)21-18(30(12)22)10-28(2)27-21/h3-6,10,15-17H,7-9,11H2,1-2H3/t15-,16-,17-/m0/s1. The number of likely N-dealkylation sites (tertiary alicyclic amines) is 1. The lowest BCUT2D eigenvalue weighted by Gasteiger charge is -2.27. The number of hydrogen-bond donors (Lipinski definition) is 0. The highest BCUT2D eigenvalue weighted by molar-refractivity contribution is 6.30. The van der Waals surface area contributed by atoms with Gasteiger partial charge < -0.3 is 9.64 Å². The van der Waals surface area contributed by atoms with Gasteiger partial charge in [0.2, 0.25) is 5.91 Å².